The maximum atomic E-state index is 12.9. The summed E-state index contributed by atoms with van der Waals surface area (Å²) in [5, 5.41) is 14.2. The number of nitrogens with two attached hydrogens (primary N) is 1. The Bertz CT molecular complexity index is 1350. The van der Waals surface area contributed by atoms with Crippen molar-refractivity contribution in [2.24, 2.45) is 0 Å². The van der Waals surface area contributed by atoms with E-state index in [0.29, 0.717) is 43.0 Å². The molecule has 202 valence electrons. The Hall–Kier alpha value is -3.60. The number of aliphatic hydroxyl groups excluding tert-OH is 1. The molecule has 3 aromatic carbocycles. The van der Waals surface area contributed by atoms with Crippen molar-refractivity contribution in [3.63, 3.8) is 0 Å². The van der Waals surface area contributed by atoms with Crippen LogP contribution in [0.2, 0.25) is 0 Å². The Morgan fingerprint density at radius 2 is 1.71 bits per heavy atom. The Morgan fingerprint density at radius 3 is 2.42 bits per heavy atom. The molecule has 9 nitrogen and oxygen atoms in total. The van der Waals surface area contributed by atoms with E-state index in [-0.39, 0.29) is 23.0 Å². The number of nitrogen functional groups attached to an aromatic ring is 1. The fourth-order valence-electron chi connectivity index (χ4n) is 4.30. The molecule has 4 rings (SSSR count). The summed E-state index contributed by atoms with van der Waals surface area (Å²) in [6.45, 7) is 6.18. The lowest BCUT2D eigenvalue weighted by molar-refractivity contribution is 0.156. The number of nitrogens with one attached hydrogen (secondary N) is 2. The van der Waals surface area contributed by atoms with Crippen LogP contribution in [0.15, 0.2) is 83.8 Å². The fraction of sp³-hybridized carbons (Fsp3) is 0.321. The number of hydrogen-bond acceptors (Lipinski definition) is 6. The SMILES string of the molecule is CC(C)(CCN1CCN(c2ccc(N)cc2)C1=O)NC[C@H](O)c1cccc(NS(=O)(=O)c2ccccc2)c1. The van der Waals surface area contributed by atoms with E-state index in [1.807, 2.05) is 30.9 Å². The minimum atomic E-state index is -3.72. The van der Waals surface area contributed by atoms with Crippen molar-refractivity contribution >= 4 is 33.1 Å². The molecule has 0 aliphatic carbocycles. The molecule has 0 spiro atoms. The molecule has 3 aromatic rings. The first-order chi connectivity index (χ1) is 18.0. The summed E-state index contributed by atoms with van der Waals surface area (Å²) in [7, 11) is -3.72. The van der Waals surface area contributed by atoms with E-state index in [1.165, 1.54) is 12.1 Å². The third kappa shape index (κ3) is 6.83. The van der Waals surface area contributed by atoms with E-state index in [1.54, 1.807) is 59.5 Å². The van der Waals surface area contributed by atoms with Crippen molar-refractivity contribution in [1.82, 2.24) is 10.2 Å². The summed E-state index contributed by atoms with van der Waals surface area (Å²) in [6, 6.07) is 22.1. The first kappa shape index (κ1) is 27.4. The fourth-order valence-corrected chi connectivity index (χ4v) is 5.37. The average molecular weight is 538 g/mol. The first-order valence-corrected chi connectivity index (χ1v) is 14.1. The van der Waals surface area contributed by atoms with Crippen LogP contribution in [0.1, 0.15) is 31.9 Å². The van der Waals surface area contributed by atoms with Crippen LogP contribution in [-0.2, 0) is 10.0 Å². The second-order valence-corrected chi connectivity index (χ2v) is 11.8. The number of amides is 2. The van der Waals surface area contributed by atoms with Gasteiger partial charge in [-0.2, -0.15) is 0 Å². The van der Waals surface area contributed by atoms with Crippen molar-refractivity contribution in [3.8, 4) is 0 Å². The van der Waals surface area contributed by atoms with Crippen LogP contribution in [0.5, 0.6) is 0 Å². The van der Waals surface area contributed by atoms with Crippen LogP contribution in [-0.4, -0.2) is 56.2 Å². The summed E-state index contributed by atoms with van der Waals surface area (Å²) >= 11 is 0. The quantitative estimate of drug-likeness (QED) is 0.276. The number of benzene rings is 3. The summed E-state index contributed by atoms with van der Waals surface area (Å²) in [5.74, 6) is 0. The van der Waals surface area contributed by atoms with E-state index in [4.69, 9.17) is 5.73 Å². The molecule has 1 aliphatic heterocycles. The predicted molar refractivity (Wildman–Crippen MR) is 151 cm³/mol. The van der Waals surface area contributed by atoms with Gasteiger partial charge in [0.05, 0.1) is 11.0 Å². The number of anilines is 3. The van der Waals surface area contributed by atoms with Crippen LogP contribution in [0.3, 0.4) is 0 Å². The molecule has 1 heterocycles. The normalized spacial score (nSPS) is 15.1. The lowest BCUT2D eigenvalue weighted by Crippen LogP contribution is -2.44. The highest BCUT2D eigenvalue weighted by molar-refractivity contribution is 7.92. The second-order valence-electron chi connectivity index (χ2n) is 10.1. The van der Waals surface area contributed by atoms with Gasteiger partial charge in [0.2, 0.25) is 0 Å². The number of urea groups is 1. The van der Waals surface area contributed by atoms with E-state index in [0.717, 1.165) is 5.69 Å². The van der Waals surface area contributed by atoms with Crippen molar-refractivity contribution < 1.29 is 18.3 Å². The number of nitrogens with zero attached hydrogens (tertiary/aromatic N) is 2. The molecule has 10 heteroatoms. The van der Waals surface area contributed by atoms with Crippen molar-refractivity contribution in [1.29, 1.82) is 0 Å². The standard InChI is InChI=1S/C28H35N5O4S/c1-28(2,15-16-32-17-18-33(27(32)35)24-13-11-22(29)12-14-24)30-20-26(34)21-7-6-8-23(19-21)31-38(36,37)25-9-4-3-5-10-25/h3-14,19,26,30-31,34H,15-18,20,29H2,1-2H3/t26-/m0/s1. The van der Waals surface area contributed by atoms with Crippen molar-refractivity contribution in [3.05, 3.63) is 84.4 Å². The lowest BCUT2D eigenvalue weighted by Gasteiger charge is -2.30. The van der Waals surface area contributed by atoms with Crippen molar-refractivity contribution in [2.75, 3.05) is 41.5 Å². The molecule has 1 fully saturated rings. The molecule has 5 N–H and O–H groups in total. The van der Waals surface area contributed by atoms with Gasteiger partial charge in [0.25, 0.3) is 10.0 Å². The highest BCUT2D eigenvalue weighted by Gasteiger charge is 2.31. The lowest BCUT2D eigenvalue weighted by atomic mass is 9.99. The van der Waals surface area contributed by atoms with Gasteiger partial charge >= 0.3 is 6.03 Å². The Morgan fingerprint density at radius 1 is 1.00 bits per heavy atom. The topological polar surface area (TPSA) is 128 Å². The molecular weight excluding hydrogens is 502 g/mol. The second kappa shape index (κ2) is 11.4. The predicted octanol–water partition coefficient (Wildman–Crippen LogP) is 3.80. The maximum absolute atomic E-state index is 12.9. The van der Waals surface area contributed by atoms with Crippen LogP contribution in [0.4, 0.5) is 21.9 Å². The molecule has 1 aliphatic rings. The van der Waals surface area contributed by atoms with Crippen LogP contribution in [0, 0.1) is 0 Å². The number of β-amino-alcohol motifs (C(OH)–C–C–N with tert-alkyl or cyclic N) is 1. The van der Waals surface area contributed by atoms with E-state index >= 15 is 0 Å². The van der Waals surface area contributed by atoms with Gasteiger partial charge in [-0.15, -0.1) is 0 Å². The molecule has 0 saturated carbocycles. The summed E-state index contributed by atoms with van der Waals surface area (Å²) in [4.78, 5) is 16.6. The van der Waals surface area contributed by atoms with Crippen molar-refractivity contribution in [2.45, 2.75) is 36.8 Å². The third-order valence-corrected chi connectivity index (χ3v) is 8.05. The van der Waals surface area contributed by atoms with Gasteiger partial charge in [-0.25, -0.2) is 13.2 Å². The van der Waals surface area contributed by atoms with Crippen LogP contribution in [0.25, 0.3) is 0 Å². The molecule has 0 bridgehead atoms. The van der Waals surface area contributed by atoms with Gasteiger partial charge in [0, 0.05) is 48.8 Å². The smallest absolute Gasteiger partial charge is 0.324 e. The summed E-state index contributed by atoms with van der Waals surface area (Å²) in [5.41, 5.74) is 7.88. The van der Waals surface area contributed by atoms with E-state index in [2.05, 4.69) is 10.0 Å². The molecular formula is C28H35N5O4S. The molecule has 2 amide bonds. The van der Waals surface area contributed by atoms with Gasteiger partial charge in [0.15, 0.2) is 0 Å². The zero-order valence-electron chi connectivity index (χ0n) is 21.7. The zero-order chi connectivity index (χ0) is 27.3. The van der Waals surface area contributed by atoms with Crippen LogP contribution < -0.4 is 20.7 Å². The zero-order valence-corrected chi connectivity index (χ0v) is 22.5. The summed E-state index contributed by atoms with van der Waals surface area (Å²) < 4.78 is 27.8. The largest absolute Gasteiger partial charge is 0.399 e. The third-order valence-electron chi connectivity index (χ3n) is 6.66. The highest BCUT2D eigenvalue weighted by Crippen LogP contribution is 2.24. The van der Waals surface area contributed by atoms with E-state index < -0.39 is 16.1 Å². The molecule has 0 aromatic heterocycles. The molecule has 0 unspecified atom stereocenters. The maximum Gasteiger partial charge on any atom is 0.324 e. The Labute approximate surface area is 224 Å². The molecule has 38 heavy (non-hydrogen) atoms. The highest BCUT2D eigenvalue weighted by atomic mass is 32.2. The van der Waals surface area contributed by atoms with Gasteiger partial charge in [-0.1, -0.05) is 30.3 Å². The molecule has 0 radical (unpaired) electrons. The van der Waals surface area contributed by atoms with Gasteiger partial charge in [-0.05, 0) is 74.4 Å². The Kier molecular flexibility index (Phi) is 8.25. The first-order valence-electron chi connectivity index (χ1n) is 12.6. The number of carbonyl (C=O) groups excluding carboxylic acids is 1. The number of hydrogen-bond donors (Lipinski definition) is 4. The van der Waals surface area contributed by atoms with Crippen LogP contribution >= 0.6 is 0 Å². The minimum absolute atomic E-state index is 0.0274. The van der Waals surface area contributed by atoms with Gasteiger partial charge < -0.3 is 21.1 Å². The number of carbonyl (C=O) groups is 1. The molecule has 1 atom stereocenters. The monoisotopic (exact) mass is 537 g/mol. The number of rotatable bonds is 11. The van der Waals surface area contributed by atoms with Gasteiger partial charge in [-0.3, -0.25) is 9.62 Å². The Balaban J connectivity index is 1.29. The average Bonchev–Trinajstić information content (AvgIpc) is 3.27. The summed E-state index contributed by atoms with van der Waals surface area (Å²) in [6.07, 6.45) is -0.150. The van der Waals surface area contributed by atoms with Gasteiger partial charge in [0.1, 0.15) is 0 Å². The minimum Gasteiger partial charge on any atom is -0.399 e. The number of aliphatic hydroxyl groups is 1. The number of sulfonamides is 1. The van der Waals surface area contributed by atoms with E-state index in [9.17, 15) is 18.3 Å². The molecule has 1 saturated heterocycles.